The normalized spacial score (nSPS) is 11.2. The summed E-state index contributed by atoms with van der Waals surface area (Å²) in [4.78, 5) is 21.8. The van der Waals surface area contributed by atoms with Gasteiger partial charge in [0.05, 0.1) is 16.4 Å². The van der Waals surface area contributed by atoms with E-state index in [2.05, 4.69) is 26.0 Å². The molecule has 0 aromatic heterocycles. The van der Waals surface area contributed by atoms with Crippen LogP contribution in [0.15, 0.2) is 51.8 Å². The molecule has 0 fully saturated rings. The molecule has 0 atom stereocenters. The molecule has 0 saturated carbocycles. The van der Waals surface area contributed by atoms with Crippen LogP contribution in [0.25, 0.3) is 0 Å². The highest BCUT2D eigenvalue weighted by Gasteiger charge is 2.20. The summed E-state index contributed by atoms with van der Waals surface area (Å²) in [7, 11) is -4.08. The van der Waals surface area contributed by atoms with E-state index >= 15 is 0 Å². The first kappa shape index (κ1) is 20.0. The number of carbonyl (C=O) groups is 1. The summed E-state index contributed by atoms with van der Waals surface area (Å²) in [5.74, 6) is -0.550. The third kappa shape index (κ3) is 5.35. The second-order valence-corrected chi connectivity index (χ2v) is 8.01. The monoisotopic (exact) mass is 441 g/mol. The molecule has 138 valence electrons. The maximum absolute atomic E-state index is 12.3. The number of nitro benzene ring substituents is 1. The number of amides is 1. The second-order valence-electron chi connectivity index (χ2n) is 5.33. The van der Waals surface area contributed by atoms with Crippen LogP contribution in [0.5, 0.6) is 0 Å². The molecule has 0 bridgehead atoms. The Hall–Kier alpha value is -2.30. The van der Waals surface area contributed by atoms with E-state index in [1.165, 1.54) is 12.1 Å². The van der Waals surface area contributed by atoms with Gasteiger partial charge in [-0.25, -0.2) is 13.1 Å². The number of hydrogen-bond acceptors (Lipinski definition) is 5. The van der Waals surface area contributed by atoms with Gasteiger partial charge in [0, 0.05) is 22.3 Å². The van der Waals surface area contributed by atoms with Crippen LogP contribution in [0.2, 0.25) is 0 Å². The molecule has 8 nitrogen and oxygen atoms in total. The lowest BCUT2D eigenvalue weighted by molar-refractivity contribution is -0.385. The molecule has 0 heterocycles. The van der Waals surface area contributed by atoms with Crippen molar-refractivity contribution >= 4 is 43.2 Å². The Morgan fingerprint density at radius 1 is 1.23 bits per heavy atom. The first-order valence-corrected chi connectivity index (χ1v) is 9.82. The van der Waals surface area contributed by atoms with Crippen molar-refractivity contribution in [3.63, 3.8) is 0 Å². The van der Waals surface area contributed by atoms with E-state index in [0.29, 0.717) is 5.69 Å². The van der Waals surface area contributed by atoms with Crippen LogP contribution in [0.1, 0.15) is 12.5 Å². The summed E-state index contributed by atoms with van der Waals surface area (Å²) in [5.41, 5.74) is 1.22. The summed E-state index contributed by atoms with van der Waals surface area (Å²) in [6.07, 6.45) is 0.804. The Morgan fingerprint density at radius 3 is 2.62 bits per heavy atom. The maximum atomic E-state index is 12.3. The van der Waals surface area contributed by atoms with Crippen molar-refractivity contribution in [2.45, 2.75) is 18.2 Å². The highest BCUT2D eigenvalue weighted by atomic mass is 79.9. The van der Waals surface area contributed by atoms with Gasteiger partial charge >= 0.3 is 0 Å². The van der Waals surface area contributed by atoms with E-state index < -0.39 is 27.4 Å². The number of anilines is 1. The van der Waals surface area contributed by atoms with Crippen LogP contribution in [0, 0.1) is 10.1 Å². The Labute approximate surface area is 158 Å². The first-order valence-electron chi connectivity index (χ1n) is 7.54. The van der Waals surface area contributed by atoms with E-state index in [1.54, 1.807) is 18.2 Å². The Morgan fingerprint density at radius 2 is 1.96 bits per heavy atom. The summed E-state index contributed by atoms with van der Waals surface area (Å²) in [6.45, 7) is 1.48. The number of nitrogens with zero attached hydrogens (tertiary/aromatic N) is 1. The first-order chi connectivity index (χ1) is 12.2. The lowest BCUT2D eigenvalue weighted by Gasteiger charge is -2.09. The molecule has 0 spiro atoms. The Balaban J connectivity index is 2.07. The van der Waals surface area contributed by atoms with Crippen LogP contribution in [-0.4, -0.2) is 25.8 Å². The van der Waals surface area contributed by atoms with Gasteiger partial charge in [-0.2, -0.15) is 0 Å². The number of nitrogens with one attached hydrogen (secondary N) is 2. The van der Waals surface area contributed by atoms with Gasteiger partial charge in [-0.15, -0.1) is 0 Å². The molecule has 0 saturated heterocycles. The van der Waals surface area contributed by atoms with Crippen LogP contribution in [-0.2, 0) is 21.2 Å². The number of aryl methyl sites for hydroxylation is 1. The number of non-ortho nitro benzene ring substituents is 1. The fourth-order valence-electron chi connectivity index (χ4n) is 2.13. The number of halogens is 1. The molecule has 26 heavy (non-hydrogen) atoms. The third-order valence-corrected chi connectivity index (χ3v) is 5.26. The van der Waals surface area contributed by atoms with Gasteiger partial charge in [-0.3, -0.25) is 14.9 Å². The van der Waals surface area contributed by atoms with Gasteiger partial charge in [0.2, 0.25) is 15.9 Å². The fourth-order valence-corrected chi connectivity index (χ4v) is 3.81. The molecular weight excluding hydrogens is 426 g/mol. The molecule has 0 radical (unpaired) electrons. The SMILES string of the molecule is CCc1cccc(NC(=O)CNS(=O)(=O)c2cc(Br)cc([N+](=O)[O-])c2)c1. The van der Waals surface area contributed by atoms with Gasteiger partial charge in [0.1, 0.15) is 0 Å². The van der Waals surface area contributed by atoms with E-state index in [-0.39, 0.29) is 15.1 Å². The van der Waals surface area contributed by atoms with Crippen molar-refractivity contribution in [1.29, 1.82) is 0 Å². The summed E-state index contributed by atoms with van der Waals surface area (Å²) < 4.78 is 26.9. The number of benzene rings is 2. The zero-order chi connectivity index (χ0) is 19.3. The molecule has 0 aliphatic rings. The molecule has 2 aromatic rings. The standard InChI is InChI=1S/C16H16BrN3O5S/c1-2-11-4-3-5-13(6-11)19-16(21)10-18-26(24,25)15-8-12(17)7-14(9-15)20(22)23/h3-9,18H,2,10H2,1H3,(H,19,21). The van der Waals surface area contributed by atoms with Crippen molar-refractivity contribution in [2.24, 2.45) is 0 Å². The van der Waals surface area contributed by atoms with Crippen LogP contribution >= 0.6 is 15.9 Å². The van der Waals surface area contributed by atoms with Crippen molar-refractivity contribution in [3.05, 3.63) is 62.6 Å². The van der Waals surface area contributed by atoms with Crippen molar-refractivity contribution in [1.82, 2.24) is 4.72 Å². The minimum absolute atomic E-state index is 0.243. The van der Waals surface area contributed by atoms with E-state index in [9.17, 15) is 23.3 Å². The summed E-state index contributed by atoms with van der Waals surface area (Å²) in [6, 6.07) is 10.5. The third-order valence-electron chi connectivity index (χ3n) is 3.42. The zero-order valence-electron chi connectivity index (χ0n) is 13.7. The van der Waals surface area contributed by atoms with E-state index in [1.807, 2.05) is 13.0 Å². The van der Waals surface area contributed by atoms with Crippen LogP contribution in [0.3, 0.4) is 0 Å². The minimum atomic E-state index is -4.08. The highest BCUT2D eigenvalue weighted by molar-refractivity contribution is 9.10. The van der Waals surface area contributed by atoms with Crippen LogP contribution in [0.4, 0.5) is 11.4 Å². The average molecular weight is 442 g/mol. The topological polar surface area (TPSA) is 118 Å². The molecule has 10 heteroatoms. The lowest BCUT2D eigenvalue weighted by atomic mass is 10.1. The Bertz CT molecular complexity index is 947. The number of nitro groups is 1. The smallest absolute Gasteiger partial charge is 0.271 e. The van der Waals surface area contributed by atoms with Crippen molar-refractivity contribution in [3.8, 4) is 0 Å². The van der Waals surface area contributed by atoms with Gasteiger partial charge in [-0.1, -0.05) is 35.0 Å². The van der Waals surface area contributed by atoms with Gasteiger partial charge in [0.15, 0.2) is 0 Å². The average Bonchev–Trinajstić information content (AvgIpc) is 2.59. The number of carbonyl (C=O) groups excluding carboxylic acids is 1. The van der Waals surface area contributed by atoms with Crippen molar-refractivity contribution in [2.75, 3.05) is 11.9 Å². The van der Waals surface area contributed by atoms with Gasteiger partial charge in [-0.05, 0) is 30.2 Å². The quantitative estimate of drug-likeness (QED) is 0.505. The maximum Gasteiger partial charge on any atom is 0.271 e. The molecule has 2 rings (SSSR count). The molecule has 2 aromatic carbocycles. The Kier molecular flexibility index (Phi) is 6.46. The number of sulfonamides is 1. The van der Waals surface area contributed by atoms with Gasteiger partial charge in [0.25, 0.3) is 5.69 Å². The fraction of sp³-hybridized carbons (Fsp3) is 0.188. The lowest BCUT2D eigenvalue weighted by Crippen LogP contribution is -2.33. The molecule has 0 unspecified atom stereocenters. The molecule has 0 aliphatic carbocycles. The van der Waals surface area contributed by atoms with E-state index in [0.717, 1.165) is 18.1 Å². The minimum Gasteiger partial charge on any atom is -0.325 e. The predicted octanol–water partition coefficient (Wildman–Crippen LogP) is 2.84. The van der Waals surface area contributed by atoms with Gasteiger partial charge < -0.3 is 5.32 Å². The largest absolute Gasteiger partial charge is 0.325 e. The molecule has 2 N–H and O–H groups in total. The zero-order valence-corrected chi connectivity index (χ0v) is 16.1. The second kappa shape index (κ2) is 8.39. The molecule has 1 amide bonds. The molecular formula is C16H16BrN3O5S. The summed E-state index contributed by atoms with van der Waals surface area (Å²) in [5, 5.41) is 13.5. The summed E-state index contributed by atoms with van der Waals surface area (Å²) >= 11 is 3.04. The number of hydrogen-bond donors (Lipinski definition) is 2. The highest BCUT2D eigenvalue weighted by Crippen LogP contribution is 2.24. The van der Waals surface area contributed by atoms with Crippen LogP contribution < -0.4 is 10.0 Å². The predicted molar refractivity (Wildman–Crippen MR) is 100 cm³/mol. The van der Waals surface area contributed by atoms with E-state index in [4.69, 9.17) is 0 Å². The number of rotatable bonds is 7. The molecule has 0 aliphatic heterocycles. The van der Waals surface area contributed by atoms with Crippen molar-refractivity contribution < 1.29 is 18.1 Å².